The highest BCUT2D eigenvalue weighted by atomic mass is 16.2. The predicted molar refractivity (Wildman–Crippen MR) is 86.9 cm³/mol. The topological polar surface area (TPSA) is 56.0 Å². The van der Waals surface area contributed by atoms with E-state index in [0.717, 1.165) is 16.7 Å². The van der Waals surface area contributed by atoms with E-state index in [-0.39, 0.29) is 18.0 Å². The van der Waals surface area contributed by atoms with Crippen LogP contribution in [0.15, 0.2) is 59.4 Å². The summed E-state index contributed by atoms with van der Waals surface area (Å²) in [7, 11) is 1.74. The van der Waals surface area contributed by atoms with E-state index in [4.69, 9.17) is 0 Å². The van der Waals surface area contributed by atoms with Crippen LogP contribution in [0.5, 0.6) is 0 Å². The second-order valence-electron chi connectivity index (χ2n) is 5.15. The van der Waals surface area contributed by atoms with Crippen LogP contribution in [0.1, 0.15) is 6.42 Å². The first-order chi connectivity index (χ1) is 10.7. The molecule has 1 N–H and O–H groups in total. The fourth-order valence-electron chi connectivity index (χ4n) is 2.54. The average Bonchev–Trinajstić information content (AvgIpc) is 2.78. The molecule has 22 heavy (non-hydrogen) atoms. The average molecular weight is 295 g/mol. The SMILES string of the molecule is Cn1c(=O)n(CCC(=O)Nc2ccccc2)c2ccccc21. The van der Waals surface area contributed by atoms with Crippen molar-refractivity contribution in [1.29, 1.82) is 0 Å². The number of fused-ring (bicyclic) bond motifs is 1. The third-order valence-corrected chi connectivity index (χ3v) is 3.67. The van der Waals surface area contributed by atoms with Crippen LogP contribution < -0.4 is 11.0 Å². The monoisotopic (exact) mass is 295 g/mol. The molecular weight excluding hydrogens is 278 g/mol. The van der Waals surface area contributed by atoms with Crippen LogP contribution in [-0.2, 0) is 18.4 Å². The maximum Gasteiger partial charge on any atom is 0.328 e. The second kappa shape index (κ2) is 5.89. The molecule has 5 nitrogen and oxygen atoms in total. The van der Waals surface area contributed by atoms with E-state index >= 15 is 0 Å². The van der Waals surface area contributed by atoms with Gasteiger partial charge in [-0.2, -0.15) is 0 Å². The number of imidazole rings is 1. The van der Waals surface area contributed by atoms with Gasteiger partial charge in [0, 0.05) is 25.7 Å². The molecule has 0 saturated carbocycles. The molecule has 3 aromatic rings. The molecule has 1 amide bonds. The zero-order chi connectivity index (χ0) is 15.5. The van der Waals surface area contributed by atoms with E-state index in [1.54, 1.807) is 16.2 Å². The summed E-state index contributed by atoms with van der Waals surface area (Å²) < 4.78 is 3.24. The summed E-state index contributed by atoms with van der Waals surface area (Å²) in [5.74, 6) is -0.106. The minimum atomic E-state index is -0.106. The molecule has 1 heterocycles. The van der Waals surface area contributed by atoms with Gasteiger partial charge in [-0.3, -0.25) is 13.9 Å². The number of carbonyl (C=O) groups is 1. The van der Waals surface area contributed by atoms with Crippen LogP contribution in [0, 0.1) is 0 Å². The Kier molecular flexibility index (Phi) is 3.78. The Morgan fingerprint density at radius 1 is 1.00 bits per heavy atom. The Hall–Kier alpha value is -2.82. The third kappa shape index (κ3) is 2.65. The zero-order valence-corrected chi connectivity index (χ0v) is 12.3. The number of rotatable bonds is 4. The lowest BCUT2D eigenvalue weighted by Gasteiger charge is -2.06. The van der Waals surface area contributed by atoms with E-state index in [1.165, 1.54) is 0 Å². The van der Waals surface area contributed by atoms with Gasteiger partial charge in [-0.1, -0.05) is 30.3 Å². The standard InChI is InChI=1S/C17H17N3O2/c1-19-14-9-5-6-10-15(14)20(17(19)22)12-11-16(21)18-13-7-3-2-4-8-13/h2-10H,11-12H2,1H3,(H,18,21). The Labute approximate surface area is 127 Å². The molecule has 0 saturated heterocycles. The van der Waals surface area contributed by atoms with Crippen LogP contribution in [0.2, 0.25) is 0 Å². The molecule has 0 aliphatic carbocycles. The van der Waals surface area contributed by atoms with Crippen molar-refractivity contribution in [3.8, 4) is 0 Å². The van der Waals surface area contributed by atoms with Gasteiger partial charge in [-0.15, -0.1) is 0 Å². The highest BCUT2D eigenvalue weighted by Crippen LogP contribution is 2.12. The Bertz CT molecular complexity index is 862. The van der Waals surface area contributed by atoms with Crippen molar-refractivity contribution in [2.45, 2.75) is 13.0 Å². The molecule has 0 atom stereocenters. The number of para-hydroxylation sites is 3. The predicted octanol–water partition coefficient (Wildman–Crippen LogP) is 2.37. The van der Waals surface area contributed by atoms with Crippen LogP contribution in [0.4, 0.5) is 5.69 Å². The molecule has 0 unspecified atom stereocenters. The molecule has 0 radical (unpaired) electrons. The van der Waals surface area contributed by atoms with Crippen LogP contribution in [0.25, 0.3) is 11.0 Å². The van der Waals surface area contributed by atoms with Gasteiger partial charge < -0.3 is 5.32 Å². The molecular formula is C17H17N3O2. The van der Waals surface area contributed by atoms with Gasteiger partial charge in [0.05, 0.1) is 11.0 Å². The summed E-state index contributed by atoms with van der Waals surface area (Å²) in [5, 5.41) is 2.83. The number of benzene rings is 2. The molecule has 0 spiro atoms. The van der Waals surface area contributed by atoms with Crippen molar-refractivity contribution >= 4 is 22.6 Å². The smallest absolute Gasteiger partial charge is 0.326 e. The maximum absolute atomic E-state index is 12.3. The number of anilines is 1. The molecule has 0 aliphatic heterocycles. The molecule has 112 valence electrons. The summed E-state index contributed by atoms with van der Waals surface area (Å²) in [4.78, 5) is 24.3. The van der Waals surface area contributed by atoms with Crippen molar-refractivity contribution in [2.75, 3.05) is 5.32 Å². The van der Waals surface area contributed by atoms with Crippen molar-refractivity contribution in [1.82, 2.24) is 9.13 Å². The summed E-state index contributed by atoms with van der Waals surface area (Å²) in [6.07, 6.45) is 0.253. The number of aromatic nitrogens is 2. The van der Waals surface area contributed by atoms with E-state index in [9.17, 15) is 9.59 Å². The second-order valence-corrected chi connectivity index (χ2v) is 5.15. The molecule has 0 fully saturated rings. The zero-order valence-electron chi connectivity index (χ0n) is 12.3. The van der Waals surface area contributed by atoms with Crippen molar-refractivity contribution in [3.63, 3.8) is 0 Å². The first-order valence-corrected chi connectivity index (χ1v) is 7.16. The molecule has 0 aliphatic rings. The van der Waals surface area contributed by atoms with E-state index < -0.39 is 0 Å². The fourth-order valence-corrected chi connectivity index (χ4v) is 2.54. The van der Waals surface area contributed by atoms with Crippen molar-refractivity contribution in [3.05, 3.63) is 65.1 Å². The number of nitrogens with zero attached hydrogens (tertiary/aromatic N) is 2. The number of hydrogen-bond donors (Lipinski definition) is 1. The van der Waals surface area contributed by atoms with E-state index in [1.807, 2.05) is 54.6 Å². The van der Waals surface area contributed by atoms with Gasteiger partial charge >= 0.3 is 5.69 Å². The van der Waals surface area contributed by atoms with Crippen molar-refractivity contribution < 1.29 is 4.79 Å². The summed E-state index contributed by atoms with van der Waals surface area (Å²) in [6, 6.07) is 16.9. The van der Waals surface area contributed by atoms with Crippen molar-refractivity contribution in [2.24, 2.45) is 7.05 Å². The normalized spacial score (nSPS) is 10.8. The largest absolute Gasteiger partial charge is 0.328 e. The number of hydrogen-bond acceptors (Lipinski definition) is 2. The minimum absolute atomic E-state index is 0.103. The minimum Gasteiger partial charge on any atom is -0.326 e. The molecule has 2 aromatic carbocycles. The van der Waals surface area contributed by atoms with Gasteiger partial charge in [-0.05, 0) is 24.3 Å². The fraction of sp³-hybridized carbons (Fsp3) is 0.176. The highest BCUT2D eigenvalue weighted by molar-refractivity contribution is 5.90. The lowest BCUT2D eigenvalue weighted by molar-refractivity contribution is -0.116. The van der Waals surface area contributed by atoms with Crippen LogP contribution in [-0.4, -0.2) is 15.0 Å². The lowest BCUT2D eigenvalue weighted by atomic mass is 10.3. The first kappa shape index (κ1) is 14.1. The number of carbonyl (C=O) groups excluding carboxylic acids is 1. The summed E-state index contributed by atoms with van der Waals surface area (Å²) >= 11 is 0. The number of aryl methyl sites for hydroxylation is 2. The van der Waals surface area contributed by atoms with Crippen LogP contribution >= 0.6 is 0 Å². The third-order valence-electron chi connectivity index (χ3n) is 3.67. The lowest BCUT2D eigenvalue weighted by Crippen LogP contribution is -2.24. The Morgan fingerprint density at radius 2 is 1.64 bits per heavy atom. The quantitative estimate of drug-likeness (QED) is 0.803. The van der Waals surface area contributed by atoms with Gasteiger partial charge in [0.2, 0.25) is 5.91 Å². The number of nitrogens with one attached hydrogen (secondary N) is 1. The highest BCUT2D eigenvalue weighted by Gasteiger charge is 2.11. The Morgan fingerprint density at radius 3 is 2.36 bits per heavy atom. The summed E-state index contributed by atoms with van der Waals surface area (Å²) in [6.45, 7) is 0.360. The van der Waals surface area contributed by atoms with Gasteiger partial charge in [-0.25, -0.2) is 4.79 Å². The van der Waals surface area contributed by atoms with Gasteiger partial charge in [0.25, 0.3) is 0 Å². The molecule has 1 aromatic heterocycles. The van der Waals surface area contributed by atoms with Crippen LogP contribution in [0.3, 0.4) is 0 Å². The number of amides is 1. The summed E-state index contributed by atoms with van der Waals surface area (Å²) in [5.41, 5.74) is 2.38. The van der Waals surface area contributed by atoms with E-state index in [2.05, 4.69) is 5.32 Å². The van der Waals surface area contributed by atoms with Gasteiger partial charge in [0.15, 0.2) is 0 Å². The maximum atomic E-state index is 12.3. The molecule has 3 rings (SSSR count). The first-order valence-electron chi connectivity index (χ1n) is 7.16. The van der Waals surface area contributed by atoms with E-state index in [0.29, 0.717) is 6.54 Å². The van der Waals surface area contributed by atoms with Gasteiger partial charge in [0.1, 0.15) is 0 Å². The molecule has 0 bridgehead atoms. The Balaban J connectivity index is 1.76. The molecule has 5 heteroatoms.